The van der Waals surface area contributed by atoms with Gasteiger partial charge in [-0.15, -0.1) is 0 Å². The number of hydrogen-bond acceptors (Lipinski definition) is 7. The molecule has 0 spiro atoms. The Morgan fingerprint density at radius 2 is 1.83 bits per heavy atom. The molecule has 1 aromatic carbocycles. The van der Waals surface area contributed by atoms with Crippen LogP contribution in [0.3, 0.4) is 0 Å². The fraction of sp³-hybridized carbons (Fsp3) is 0.375. The Morgan fingerprint density at radius 1 is 1.02 bits per heavy atom. The van der Waals surface area contributed by atoms with E-state index in [0.717, 1.165) is 61.1 Å². The van der Waals surface area contributed by atoms with Crippen LogP contribution in [0.5, 0.6) is 0 Å². The summed E-state index contributed by atoms with van der Waals surface area (Å²) in [6, 6.07) is 12.8. The molecule has 7 rings (SSSR count). The first kappa shape index (κ1) is 30.3. The van der Waals surface area contributed by atoms with Crippen LogP contribution in [0.25, 0.3) is 22.4 Å². The lowest BCUT2D eigenvalue weighted by atomic mass is 9.92. The molecule has 236 valence electrons. The first-order chi connectivity index (χ1) is 22.1. The van der Waals surface area contributed by atoms with Crippen LogP contribution in [0.1, 0.15) is 59.9 Å². The Bertz CT molecular complexity index is 1950. The Labute approximate surface area is 266 Å². The van der Waals surface area contributed by atoms with Crippen molar-refractivity contribution in [2.75, 3.05) is 13.1 Å². The van der Waals surface area contributed by atoms with Crippen molar-refractivity contribution >= 4 is 22.6 Å². The molecule has 0 atom stereocenters. The minimum atomic E-state index is -4.63. The maximum Gasteiger partial charge on any atom is 0.451 e. The summed E-state index contributed by atoms with van der Waals surface area (Å²) in [6.45, 7) is 2.38. The van der Waals surface area contributed by atoms with Gasteiger partial charge in [-0.3, -0.25) is 15.0 Å². The SMILES string of the molecule is N#CC1(Cc2cc(-c3n[nH]c(C(F)(F)F)n3)cnc2CN2CCC(c3ccc4cnn(Cc5ccc(Cl)cc5F)c4n3)CC2)CC1. The van der Waals surface area contributed by atoms with E-state index in [1.165, 1.54) is 12.3 Å². The Morgan fingerprint density at radius 3 is 2.52 bits per heavy atom. The van der Waals surface area contributed by atoms with E-state index in [1.807, 2.05) is 17.2 Å². The number of fused-ring (bicyclic) bond motifs is 1. The summed E-state index contributed by atoms with van der Waals surface area (Å²) in [5.41, 5.74) is 3.67. The smallest absolute Gasteiger partial charge is 0.297 e. The van der Waals surface area contributed by atoms with Crippen LogP contribution in [0, 0.1) is 22.6 Å². The number of H-pyrrole nitrogens is 1. The first-order valence-electron chi connectivity index (χ1n) is 15.0. The highest BCUT2D eigenvalue weighted by Crippen LogP contribution is 2.48. The standard InChI is InChI=1S/C32H28ClF4N9/c33-24-3-1-21(25(34)12-24)16-46-29-20(15-40-46)2-4-26(41-29)19-5-9-45(10-6-19)17-27-22(13-31(18-38)7-8-31)11-23(14-39-27)28-42-30(44-43-28)32(35,36)37/h1-4,11-12,14-15,19H,5-10,13,16-17H2,(H,42,43,44). The first-order valence-corrected chi connectivity index (χ1v) is 15.3. The molecule has 1 saturated carbocycles. The molecule has 5 heterocycles. The highest BCUT2D eigenvalue weighted by Gasteiger charge is 2.44. The fourth-order valence-corrected chi connectivity index (χ4v) is 6.20. The largest absolute Gasteiger partial charge is 0.451 e. The van der Waals surface area contributed by atoms with Crippen molar-refractivity contribution in [2.24, 2.45) is 5.41 Å². The van der Waals surface area contributed by atoms with E-state index in [0.29, 0.717) is 34.8 Å². The summed E-state index contributed by atoms with van der Waals surface area (Å²) < 4.78 is 55.4. The monoisotopic (exact) mass is 649 g/mol. The second-order valence-electron chi connectivity index (χ2n) is 12.1. The third-order valence-electron chi connectivity index (χ3n) is 8.91. The van der Waals surface area contributed by atoms with E-state index in [2.05, 4.69) is 31.1 Å². The van der Waals surface area contributed by atoms with Crippen LogP contribution in [-0.4, -0.2) is 52.9 Å². The molecular formula is C32H28ClF4N9. The van der Waals surface area contributed by atoms with E-state index in [1.54, 1.807) is 29.1 Å². The van der Waals surface area contributed by atoms with E-state index in [-0.39, 0.29) is 24.1 Å². The van der Waals surface area contributed by atoms with Crippen LogP contribution in [0.2, 0.25) is 5.02 Å². The molecule has 1 aliphatic heterocycles. The molecule has 0 radical (unpaired) electrons. The van der Waals surface area contributed by atoms with Gasteiger partial charge in [-0.1, -0.05) is 17.7 Å². The number of nitriles is 1. The van der Waals surface area contributed by atoms with E-state index in [4.69, 9.17) is 16.6 Å². The third kappa shape index (κ3) is 6.19. The molecule has 9 nitrogen and oxygen atoms in total. The highest BCUT2D eigenvalue weighted by molar-refractivity contribution is 6.30. The van der Waals surface area contributed by atoms with Gasteiger partial charge >= 0.3 is 6.18 Å². The second kappa shape index (κ2) is 11.7. The number of pyridine rings is 2. The highest BCUT2D eigenvalue weighted by atomic mass is 35.5. The molecule has 0 bridgehead atoms. The molecule has 5 aromatic rings. The van der Waals surface area contributed by atoms with Gasteiger partial charge in [0.2, 0.25) is 5.82 Å². The number of halogens is 5. The van der Waals surface area contributed by atoms with Crippen molar-refractivity contribution in [3.63, 3.8) is 0 Å². The summed E-state index contributed by atoms with van der Waals surface area (Å²) >= 11 is 5.91. The topological polar surface area (TPSA) is 112 Å². The van der Waals surface area contributed by atoms with E-state index < -0.39 is 17.4 Å². The summed E-state index contributed by atoms with van der Waals surface area (Å²) in [7, 11) is 0. The number of piperidine rings is 1. The number of aromatic amines is 1. The molecule has 1 saturated heterocycles. The minimum Gasteiger partial charge on any atom is -0.297 e. The number of alkyl halides is 3. The molecule has 2 aliphatic rings. The van der Waals surface area contributed by atoms with E-state index in [9.17, 15) is 22.8 Å². The molecule has 46 heavy (non-hydrogen) atoms. The van der Waals surface area contributed by atoms with Crippen LogP contribution in [0.15, 0.2) is 48.8 Å². The van der Waals surface area contributed by atoms with Gasteiger partial charge in [0, 0.05) is 45.9 Å². The second-order valence-corrected chi connectivity index (χ2v) is 12.6. The van der Waals surface area contributed by atoms with Gasteiger partial charge in [0.15, 0.2) is 11.5 Å². The molecule has 4 aromatic heterocycles. The summed E-state index contributed by atoms with van der Waals surface area (Å²) in [5.74, 6) is -1.41. The summed E-state index contributed by atoms with van der Waals surface area (Å²) in [5, 5.41) is 21.1. The van der Waals surface area contributed by atoms with Crippen LogP contribution in [-0.2, 0) is 25.7 Å². The van der Waals surface area contributed by atoms with Gasteiger partial charge in [-0.25, -0.2) is 19.0 Å². The van der Waals surface area contributed by atoms with Crippen LogP contribution < -0.4 is 0 Å². The molecular weight excluding hydrogens is 622 g/mol. The summed E-state index contributed by atoms with van der Waals surface area (Å²) in [6.07, 6.45) is 2.37. The zero-order valence-electron chi connectivity index (χ0n) is 24.5. The molecule has 2 fully saturated rings. The lowest BCUT2D eigenvalue weighted by Gasteiger charge is -2.32. The Hall–Kier alpha value is -4.41. The molecule has 0 amide bonds. The van der Waals surface area contributed by atoms with Gasteiger partial charge in [-0.2, -0.15) is 28.6 Å². The average molecular weight is 650 g/mol. The maximum atomic E-state index is 14.5. The number of nitrogens with one attached hydrogen (secondary N) is 1. The van der Waals surface area contributed by atoms with Crippen molar-refractivity contribution in [1.29, 1.82) is 5.26 Å². The third-order valence-corrected chi connectivity index (χ3v) is 9.15. The summed E-state index contributed by atoms with van der Waals surface area (Å²) in [4.78, 5) is 15.5. The predicted molar refractivity (Wildman–Crippen MR) is 161 cm³/mol. The quantitative estimate of drug-likeness (QED) is 0.186. The van der Waals surface area contributed by atoms with Gasteiger partial charge in [0.1, 0.15) is 5.82 Å². The fourth-order valence-electron chi connectivity index (χ4n) is 6.04. The van der Waals surface area contributed by atoms with Crippen molar-refractivity contribution in [3.05, 3.63) is 88.0 Å². The van der Waals surface area contributed by atoms with Crippen LogP contribution in [0.4, 0.5) is 17.6 Å². The number of nitrogens with zero attached hydrogens (tertiary/aromatic N) is 8. The lowest BCUT2D eigenvalue weighted by Crippen LogP contribution is -2.33. The van der Waals surface area contributed by atoms with Gasteiger partial charge in [0.05, 0.1) is 29.9 Å². The predicted octanol–water partition coefficient (Wildman–Crippen LogP) is 6.70. The zero-order chi connectivity index (χ0) is 32.1. The van der Waals surface area contributed by atoms with Gasteiger partial charge < -0.3 is 0 Å². The van der Waals surface area contributed by atoms with Crippen molar-refractivity contribution in [1.82, 2.24) is 39.8 Å². The molecule has 0 unspecified atom stereocenters. The molecule has 1 aliphatic carbocycles. The van der Waals surface area contributed by atoms with Gasteiger partial charge in [-0.05, 0) is 81.1 Å². The van der Waals surface area contributed by atoms with Crippen molar-refractivity contribution in [3.8, 4) is 17.5 Å². The number of aromatic nitrogens is 7. The van der Waals surface area contributed by atoms with Crippen molar-refractivity contribution < 1.29 is 17.6 Å². The minimum absolute atomic E-state index is 0.0839. The number of hydrogen-bond donors (Lipinski definition) is 1. The normalized spacial score (nSPS) is 17.0. The van der Waals surface area contributed by atoms with E-state index >= 15 is 0 Å². The Balaban J connectivity index is 1.06. The Kier molecular flexibility index (Phi) is 7.73. The number of rotatable bonds is 8. The molecule has 1 N–H and O–H groups in total. The maximum absolute atomic E-state index is 14.5. The zero-order valence-corrected chi connectivity index (χ0v) is 25.3. The lowest BCUT2D eigenvalue weighted by molar-refractivity contribution is -0.144. The van der Waals surface area contributed by atoms with Gasteiger partial charge in [0.25, 0.3) is 0 Å². The van der Waals surface area contributed by atoms with Crippen molar-refractivity contribution in [2.45, 2.75) is 57.3 Å². The number of likely N-dealkylation sites (tertiary alicyclic amines) is 1. The van der Waals surface area contributed by atoms with Crippen LogP contribution >= 0.6 is 11.6 Å². The average Bonchev–Trinajstić information content (AvgIpc) is 3.42. The molecule has 14 heteroatoms. The number of benzene rings is 1.